The van der Waals surface area contributed by atoms with Crippen LogP contribution in [-0.4, -0.2) is 80.3 Å². The number of thioether (sulfide) groups is 1. The molecule has 0 radical (unpaired) electrons. The first-order chi connectivity index (χ1) is 15.8. The average Bonchev–Trinajstić information content (AvgIpc) is 3.44. The highest BCUT2D eigenvalue weighted by Crippen LogP contribution is 2.35. The number of amides is 2. The first kappa shape index (κ1) is 22.1. The van der Waals surface area contributed by atoms with Crippen LogP contribution in [0.15, 0.2) is 29.7 Å². The van der Waals surface area contributed by atoms with Gasteiger partial charge >= 0.3 is 6.09 Å². The van der Waals surface area contributed by atoms with Gasteiger partial charge < -0.3 is 24.4 Å². The largest absolute Gasteiger partial charge is 0.444 e. The minimum atomic E-state index is -0.530. The molecule has 33 heavy (non-hydrogen) atoms. The normalized spacial score (nSPS) is 23.5. The van der Waals surface area contributed by atoms with Crippen LogP contribution in [0.5, 0.6) is 0 Å². The van der Waals surface area contributed by atoms with Gasteiger partial charge in [0, 0.05) is 44.3 Å². The van der Waals surface area contributed by atoms with Crippen LogP contribution in [0.2, 0.25) is 0 Å². The number of anilines is 1. The highest BCUT2D eigenvalue weighted by atomic mass is 32.2. The van der Waals surface area contributed by atoms with Crippen LogP contribution in [-0.2, 0) is 9.53 Å². The van der Waals surface area contributed by atoms with Crippen molar-refractivity contribution in [1.29, 1.82) is 0 Å². The van der Waals surface area contributed by atoms with Crippen LogP contribution >= 0.6 is 11.8 Å². The summed E-state index contributed by atoms with van der Waals surface area (Å²) in [6.07, 6.45) is 6.91. The minimum Gasteiger partial charge on any atom is -0.444 e. The van der Waals surface area contributed by atoms with Gasteiger partial charge in [-0.3, -0.25) is 4.79 Å². The molecule has 0 bridgehead atoms. The van der Waals surface area contributed by atoms with Gasteiger partial charge in [0.2, 0.25) is 0 Å². The Labute approximate surface area is 197 Å². The average molecular weight is 471 g/mol. The van der Waals surface area contributed by atoms with E-state index in [1.165, 1.54) is 0 Å². The lowest BCUT2D eigenvalue weighted by molar-refractivity contribution is -0.128. The van der Waals surface area contributed by atoms with Crippen molar-refractivity contribution < 1.29 is 14.3 Å². The van der Waals surface area contributed by atoms with Gasteiger partial charge in [-0.05, 0) is 45.6 Å². The van der Waals surface area contributed by atoms with Crippen LogP contribution in [0.3, 0.4) is 0 Å². The van der Waals surface area contributed by atoms with Crippen LogP contribution in [0, 0.1) is 5.92 Å². The minimum absolute atomic E-state index is 0.0178. The third-order valence-corrected chi connectivity index (χ3v) is 7.43. The second kappa shape index (κ2) is 8.55. The summed E-state index contributed by atoms with van der Waals surface area (Å²) in [6.45, 7) is 8.38. The molecule has 0 unspecified atom stereocenters. The highest BCUT2D eigenvalue weighted by Gasteiger charge is 2.43. The second-order valence-electron chi connectivity index (χ2n) is 9.80. The van der Waals surface area contributed by atoms with E-state index in [2.05, 4.69) is 15.0 Å². The molecule has 3 aliphatic rings. The molecular formula is C23H30N6O3S. The van der Waals surface area contributed by atoms with E-state index in [1.807, 2.05) is 53.9 Å². The van der Waals surface area contributed by atoms with E-state index in [4.69, 9.17) is 4.74 Å². The van der Waals surface area contributed by atoms with Crippen molar-refractivity contribution in [2.75, 3.05) is 36.8 Å². The Balaban J connectivity index is 1.32. The van der Waals surface area contributed by atoms with Gasteiger partial charge in [0.1, 0.15) is 23.4 Å². The predicted molar refractivity (Wildman–Crippen MR) is 128 cm³/mol. The van der Waals surface area contributed by atoms with E-state index in [9.17, 15) is 9.59 Å². The van der Waals surface area contributed by atoms with Crippen molar-refractivity contribution in [3.05, 3.63) is 29.7 Å². The molecule has 2 amide bonds. The van der Waals surface area contributed by atoms with Crippen molar-refractivity contribution in [1.82, 2.24) is 24.8 Å². The van der Waals surface area contributed by atoms with Crippen LogP contribution in [0.25, 0.3) is 11.0 Å². The number of rotatable bonds is 2. The van der Waals surface area contributed by atoms with Gasteiger partial charge in [0.05, 0.1) is 16.3 Å². The number of fused-ring (bicyclic) bond motifs is 2. The van der Waals surface area contributed by atoms with E-state index in [-0.39, 0.29) is 18.0 Å². The van der Waals surface area contributed by atoms with Crippen LogP contribution < -0.4 is 4.90 Å². The molecule has 2 aromatic rings. The van der Waals surface area contributed by atoms with Crippen LogP contribution in [0.1, 0.15) is 33.6 Å². The van der Waals surface area contributed by atoms with E-state index in [1.54, 1.807) is 18.1 Å². The Bertz CT molecular complexity index is 1090. The summed E-state index contributed by atoms with van der Waals surface area (Å²) in [5.41, 5.74) is 0.253. The van der Waals surface area contributed by atoms with Crippen molar-refractivity contribution in [3.8, 4) is 0 Å². The molecule has 2 atom stereocenters. The number of carbonyl (C=O) groups excluding carboxylic acids is 2. The molecule has 10 heteroatoms. The lowest BCUT2D eigenvalue weighted by atomic mass is 9.92. The molecule has 0 aliphatic carbocycles. The zero-order valence-corrected chi connectivity index (χ0v) is 20.1. The third kappa shape index (κ3) is 4.40. The van der Waals surface area contributed by atoms with Gasteiger partial charge in [-0.15, -0.1) is 11.8 Å². The Hall–Kier alpha value is -2.75. The molecule has 3 aliphatic heterocycles. The number of aromatic amines is 1. The van der Waals surface area contributed by atoms with Gasteiger partial charge in [-0.2, -0.15) is 0 Å². The first-order valence-electron chi connectivity index (χ1n) is 11.5. The lowest BCUT2D eigenvalue weighted by Gasteiger charge is -2.39. The first-order valence-corrected chi connectivity index (χ1v) is 12.5. The molecular weight excluding hydrogens is 440 g/mol. The molecule has 5 rings (SSSR count). The fourth-order valence-electron chi connectivity index (χ4n) is 4.90. The standard InChI is InChI=1S/C23H30N6O3S/c1-23(2,3)32-22(31)29-9-6-15-5-8-28(12-17(15)29)21(30)18-13-27(10-11-33-18)20-16-4-7-24-19(16)25-14-26-20/h4,7,13-15,17H,5-6,8-12H2,1-3H3,(H,24,25,26)/t15-,17-/m0/s1. The smallest absolute Gasteiger partial charge is 0.410 e. The number of H-pyrrole nitrogens is 1. The number of likely N-dealkylation sites (tertiary alicyclic amines) is 2. The molecule has 1 N–H and O–H groups in total. The second-order valence-corrected chi connectivity index (χ2v) is 10.9. The molecule has 0 saturated carbocycles. The number of hydrogen-bond donors (Lipinski definition) is 1. The van der Waals surface area contributed by atoms with E-state index in [0.717, 1.165) is 48.5 Å². The van der Waals surface area contributed by atoms with E-state index >= 15 is 0 Å². The maximum Gasteiger partial charge on any atom is 0.410 e. The maximum absolute atomic E-state index is 13.5. The Morgan fingerprint density at radius 2 is 2.00 bits per heavy atom. The summed E-state index contributed by atoms with van der Waals surface area (Å²) >= 11 is 1.58. The highest BCUT2D eigenvalue weighted by molar-refractivity contribution is 8.04. The number of nitrogens with zero attached hydrogens (tertiary/aromatic N) is 5. The number of aromatic nitrogens is 3. The Morgan fingerprint density at radius 1 is 1.18 bits per heavy atom. The van der Waals surface area contributed by atoms with Gasteiger partial charge in [-0.1, -0.05) is 0 Å². The molecule has 2 fully saturated rings. The molecule has 2 saturated heterocycles. The summed E-state index contributed by atoms with van der Waals surface area (Å²) < 4.78 is 5.62. The number of nitrogens with one attached hydrogen (secondary N) is 1. The zero-order valence-electron chi connectivity index (χ0n) is 19.3. The molecule has 2 aromatic heterocycles. The monoisotopic (exact) mass is 470 g/mol. The SMILES string of the molecule is CC(C)(C)OC(=O)N1CC[C@@H]2CCN(C(=O)C3=CN(c4ncnc5[nH]ccc45)CCS3)C[C@@H]21. The lowest BCUT2D eigenvalue weighted by Crippen LogP contribution is -2.52. The van der Waals surface area contributed by atoms with E-state index in [0.29, 0.717) is 23.9 Å². The predicted octanol–water partition coefficient (Wildman–Crippen LogP) is 3.21. The summed E-state index contributed by atoms with van der Waals surface area (Å²) in [5, 5.41) is 0.937. The van der Waals surface area contributed by atoms with Gasteiger partial charge in [0.25, 0.3) is 5.91 Å². The van der Waals surface area contributed by atoms with Crippen molar-refractivity contribution >= 4 is 40.6 Å². The summed E-state index contributed by atoms with van der Waals surface area (Å²) in [4.78, 5) is 44.5. The van der Waals surface area contributed by atoms with E-state index < -0.39 is 5.60 Å². The Morgan fingerprint density at radius 3 is 2.82 bits per heavy atom. The Kier molecular flexibility index (Phi) is 5.72. The molecule has 0 aromatic carbocycles. The molecule has 9 nitrogen and oxygen atoms in total. The third-order valence-electron chi connectivity index (χ3n) is 6.46. The van der Waals surface area contributed by atoms with Crippen molar-refractivity contribution in [2.45, 2.75) is 45.3 Å². The van der Waals surface area contributed by atoms with Crippen molar-refractivity contribution in [3.63, 3.8) is 0 Å². The zero-order chi connectivity index (χ0) is 23.2. The number of piperidine rings is 1. The van der Waals surface area contributed by atoms with Crippen molar-refractivity contribution in [2.24, 2.45) is 5.92 Å². The number of ether oxygens (including phenoxy) is 1. The summed E-state index contributed by atoms with van der Waals surface area (Å²) in [6, 6.07) is 1.97. The molecule has 0 spiro atoms. The summed E-state index contributed by atoms with van der Waals surface area (Å²) in [5.74, 6) is 2.06. The van der Waals surface area contributed by atoms with Gasteiger partial charge in [-0.25, -0.2) is 14.8 Å². The fourth-order valence-corrected chi connectivity index (χ4v) is 5.86. The number of carbonyl (C=O) groups is 2. The topological polar surface area (TPSA) is 94.7 Å². The molecule has 5 heterocycles. The number of hydrogen-bond acceptors (Lipinski definition) is 7. The molecule has 176 valence electrons. The fraction of sp³-hybridized carbons (Fsp3) is 0.565. The summed E-state index contributed by atoms with van der Waals surface area (Å²) in [7, 11) is 0. The maximum atomic E-state index is 13.5. The van der Waals surface area contributed by atoms with Crippen LogP contribution in [0.4, 0.5) is 10.6 Å². The van der Waals surface area contributed by atoms with Gasteiger partial charge in [0.15, 0.2) is 0 Å². The quantitative estimate of drug-likeness (QED) is 0.720.